The minimum atomic E-state index is 0.508. The molecule has 0 spiro atoms. The van der Waals surface area contributed by atoms with E-state index in [2.05, 4.69) is 28.9 Å². The maximum Gasteiger partial charge on any atom is 0.161 e. The monoisotopic (exact) mass is 304 g/mol. The minimum absolute atomic E-state index is 0.508. The molecule has 1 atom stereocenters. The third-order valence-corrected chi connectivity index (χ3v) is 5.08. The Morgan fingerprint density at radius 2 is 1.86 bits per heavy atom. The van der Waals surface area contributed by atoms with Crippen LogP contribution >= 0.6 is 0 Å². The number of piperazine rings is 1. The van der Waals surface area contributed by atoms with Crippen LogP contribution in [0.3, 0.4) is 0 Å². The van der Waals surface area contributed by atoms with Gasteiger partial charge in [0, 0.05) is 32.2 Å². The van der Waals surface area contributed by atoms with Gasteiger partial charge in [0.05, 0.1) is 14.2 Å². The molecule has 1 unspecified atom stereocenters. The molecule has 22 heavy (non-hydrogen) atoms. The molecule has 0 bridgehead atoms. The van der Waals surface area contributed by atoms with Crippen LogP contribution in [-0.2, 0) is 6.42 Å². The van der Waals surface area contributed by atoms with Gasteiger partial charge in [-0.05, 0) is 42.6 Å². The van der Waals surface area contributed by atoms with Gasteiger partial charge in [-0.25, -0.2) is 0 Å². The summed E-state index contributed by atoms with van der Waals surface area (Å²) in [6.45, 7) is 8.19. The van der Waals surface area contributed by atoms with Gasteiger partial charge in [0.2, 0.25) is 0 Å². The molecule has 1 aromatic rings. The van der Waals surface area contributed by atoms with Gasteiger partial charge in [0.25, 0.3) is 0 Å². The topological polar surface area (TPSA) is 24.9 Å². The van der Waals surface area contributed by atoms with Gasteiger partial charge < -0.3 is 14.4 Å². The molecular weight excluding hydrogens is 276 g/mol. The fraction of sp³-hybridized carbons (Fsp3) is 0.667. The molecule has 1 fully saturated rings. The average molecular weight is 304 g/mol. The molecule has 0 aliphatic carbocycles. The van der Waals surface area contributed by atoms with E-state index < -0.39 is 0 Å². The number of unbranched alkanes of at least 4 members (excludes halogenated alkanes) is 1. The first-order chi connectivity index (χ1) is 10.8. The summed E-state index contributed by atoms with van der Waals surface area (Å²) in [5.41, 5.74) is 2.86. The fourth-order valence-electron chi connectivity index (χ4n) is 3.75. The van der Waals surface area contributed by atoms with Crippen LogP contribution in [0.15, 0.2) is 12.1 Å². The molecule has 2 aliphatic rings. The van der Waals surface area contributed by atoms with Gasteiger partial charge in [-0.1, -0.05) is 13.3 Å². The molecule has 2 aliphatic heterocycles. The van der Waals surface area contributed by atoms with E-state index in [-0.39, 0.29) is 0 Å². The average Bonchev–Trinajstić information content (AvgIpc) is 2.58. The first-order valence-corrected chi connectivity index (χ1v) is 8.48. The lowest BCUT2D eigenvalue weighted by Crippen LogP contribution is -2.50. The van der Waals surface area contributed by atoms with Crippen LogP contribution < -0.4 is 9.47 Å². The normalized spacial score (nSPS) is 22.0. The SMILES string of the molecule is CCCCN1CCN2CCc3cc(OC)c(OC)cc3C2C1. The van der Waals surface area contributed by atoms with Crippen molar-refractivity contribution in [3.8, 4) is 11.5 Å². The quantitative estimate of drug-likeness (QED) is 0.835. The lowest BCUT2D eigenvalue weighted by molar-refractivity contribution is 0.0663. The van der Waals surface area contributed by atoms with Crippen molar-refractivity contribution in [3.63, 3.8) is 0 Å². The Bertz CT molecular complexity index is 518. The second kappa shape index (κ2) is 6.88. The lowest BCUT2D eigenvalue weighted by Gasteiger charge is -2.45. The van der Waals surface area contributed by atoms with E-state index in [1.165, 1.54) is 43.6 Å². The van der Waals surface area contributed by atoms with Crippen molar-refractivity contribution in [1.82, 2.24) is 9.80 Å². The molecule has 1 saturated heterocycles. The first-order valence-electron chi connectivity index (χ1n) is 8.48. The van der Waals surface area contributed by atoms with Crippen molar-refractivity contribution in [2.45, 2.75) is 32.2 Å². The van der Waals surface area contributed by atoms with Crippen molar-refractivity contribution >= 4 is 0 Å². The lowest BCUT2D eigenvalue weighted by atomic mass is 9.90. The summed E-state index contributed by atoms with van der Waals surface area (Å²) in [6.07, 6.45) is 3.68. The molecule has 4 heteroatoms. The molecule has 0 saturated carbocycles. The highest BCUT2D eigenvalue weighted by atomic mass is 16.5. The summed E-state index contributed by atoms with van der Waals surface area (Å²) >= 11 is 0. The van der Waals surface area contributed by atoms with E-state index in [1.807, 2.05) is 0 Å². The maximum absolute atomic E-state index is 5.52. The van der Waals surface area contributed by atoms with Crippen LogP contribution in [0.25, 0.3) is 0 Å². The number of rotatable bonds is 5. The Morgan fingerprint density at radius 3 is 2.59 bits per heavy atom. The van der Waals surface area contributed by atoms with E-state index in [4.69, 9.17) is 9.47 Å². The fourth-order valence-corrected chi connectivity index (χ4v) is 3.75. The number of hydrogen-bond donors (Lipinski definition) is 0. The summed E-state index contributed by atoms with van der Waals surface area (Å²) in [5.74, 6) is 1.71. The van der Waals surface area contributed by atoms with Gasteiger partial charge in [-0.2, -0.15) is 0 Å². The second-order valence-corrected chi connectivity index (χ2v) is 6.36. The van der Waals surface area contributed by atoms with Gasteiger partial charge in [-0.3, -0.25) is 4.90 Å². The molecule has 4 nitrogen and oxygen atoms in total. The Morgan fingerprint density at radius 1 is 1.09 bits per heavy atom. The Kier molecular flexibility index (Phi) is 4.89. The molecular formula is C18H28N2O2. The van der Waals surface area contributed by atoms with Gasteiger partial charge in [-0.15, -0.1) is 0 Å². The molecule has 0 aromatic heterocycles. The zero-order valence-corrected chi connectivity index (χ0v) is 14.1. The second-order valence-electron chi connectivity index (χ2n) is 6.36. The third kappa shape index (κ3) is 2.95. The molecule has 2 heterocycles. The smallest absolute Gasteiger partial charge is 0.161 e. The Labute approximate surface area is 134 Å². The number of nitrogens with zero attached hydrogens (tertiary/aromatic N) is 2. The molecule has 3 rings (SSSR count). The van der Waals surface area contributed by atoms with Crippen LogP contribution in [0.1, 0.15) is 36.9 Å². The molecule has 0 amide bonds. The Balaban J connectivity index is 1.86. The number of ether oxygens (including phenoxy) is 2. The number of fused-ring (bicyclic) bond motifs is 3. The standard InChI is InChI=1S/C18H28N2O2/c1-4-5-7-19-9-10-20-8-6-14-11-17(21-2)18(22-3)12-15(14)16(20)13-19/h11-12,16H,4-10,13H2,1-3H3. The van der Waals surface area contributed by atoms with E-state index >= 15 is 0 Å². The molecule has 0 radical (unpaired) electrons. The highest BCUT2D eigenvalue weighted by Crippen LogP contribution is 2.39. The predicted molar refractivity (Wildman–Crippen MR) is 88.9 cm³/mol. The van der Waals surface area contributed by atoms with Crippen LogP contribution in [0, 0.1) is 0 Å². The van der Waals surface area contributed by atoms with Crippen LogP contribution in [0.5, 0.6) is 11.5 Å². The van der Waals surface area contributed by atoms with E-state index in [0.29, 0.717) is 6.04 Å². The highest BCUT2D eigenvalue weighted by molar-refractivity contribution is 5.49. The predicted octanol–water partition coefficient (Wildman–Crippen LogP) is 2.72. The molecule has 0 N–H and O–H groups in total. The largest absolute Gasteiger partial charge is 0.493 e. The summed E-state index contributed by atoms with van der Waals surface area (Å²) < 4.78 is 11.0. The minimum Gasteiger partial charge on any atom is -0.493 e. The highest BCUT2D eigenvalue weighted by Gasteiger charge is 2.33. The van der Waals surface area contributed by atoms with Crippen molar-refractivity contribution in [1.29, 1.82) is 0 Å². The summed E-state index contributed by atoms with van der Waals surface area (Å²) in [5, 5.41) is 0. The molecule has 122 valence electrons. The van der Waals surface area contributed by atoms with Crippen molar-refractivity contribution < 1.29 is 9.47 Å². The Hall–Kier alpha value is -1.26. The van der Waals surface area contributed by atoms with Gasteiger partial charge >= 0.3 is 0 Å². The number of methoxy groups -OCH3 is 2. The third-order valence-electron chi connectivity index (χ3n) is 5.08. The van der Waals surface area contributed by atoms with Crippen LogP contribution in [0.4, 0.5) is 0 Å². The van der Waals surface area contributed by atoms with E-state index in [0.717, 1.165) is 31.0 Å². The number of benzene rings is 1. The van der Waals surface area contributed by atoms with Gasteiger partial charge in [0.1, 0.15) is 0 Å². The van der Waals surface area contributed by atoms with Crippen molar-refractivity contribution in [2.24, 2.45) is 0 Å². The summed E-state index contributed by atoms with van der Waals surface area (Å²) in [7, 11) is 3.44. The first kappa shape index (κ1) is 15.6. The zero-order valence-electron chi connectivity index (χ0n) is 14.1. The molecule has 1 aromatic carbocycles. The number of hydrogen-bond acceptors (Lipinski definition) is 4. The van der Waals surface area contributed by atoms with Crippen LogP contribution in [-0.4, -0.2) is 56.7 Å². The van der Waals surface area contributed by atoms with E-state index in [9.17, 15) is 0 Å². The maximum atomic E-state index is 5.52. The zero-order chi connectivity index (χ0) is 15.5. The van der Waals surface area contributed by atoms with E-state index in [1.54, 1.807) is 14.2 Å². The van der Waals surface area contributed by atoms with Gasteiger partial charge in [0.15, 0.2) is 11.5 Å². The van der Waals surface area contributed by atoms with Crippen molar-refractivity contribution in [2.75, 3.05) is 46.9 Å². The summed E-state index contributed by atoms with van der Waals surface area (Å²) in [4.78, 5) is 5.26. The summed E-state index contributed by atoms with van der Waals surface area (Å²) in [6, 6.07) is 4.89. The van der Waals surface area contributed by atoms with Crippen molar-refractivity contribution in [3.05, 3.63) is 23.3 Å². The van der Waals surface area contributed by atoms with Crippen LogP contribution in [0.2, 0.25) is 0 Å².